The van der Waals surface area contributed by atoms with Crippen LogP contribution in [0.5, 0.6) is 0 Å². The SMILES string of the molecule is O=C(Cc1ccc([N+](=O)[O-])cc1)N1CCN(c2ncnc3c2nnn3Cc2ccccc2)CC1. The summed E-state index contributed by atoms with van der Waals surface area (Å²) in [5.74, 6) is 0.710. The second-order valence-corrected chi connectivity index (χ2v) is 8.07. The topological polar surface area (TPSA) is 123 Å². The lowest BCUT2D eigenvalue weighted by Gasteiger charge is -2.35. The first-order valence-corrected chi connectivity index (χ1v) is 10.9. The van der Waals surface area contributed by atoms with Gasteiger partial charge in [0.25, 0.3) is 5.69 Å². The Kier molecular flexibility index (Phi) is 5.81. The zero-order valence-corrected chi connectivity index (χ0v) is 18.3. The van der Waals surface area contributed by atoms with E-state index in [4.69, 9.17) is 0 Å². The van der Waals surface area contributed by atoms with E-state index in [0.29, 0.717) is 49.7 Å². The minimum absolute atomic E-state index is 0.00450. The van der Waals surface area contributed by atoms with Crippen molar-refractivity contribution in [2.24, 2.45) is 0 Å². The number of anilines is 1. The monoisotopic (exact) mass is 458 g/mol. The van der Waals surface area contributed by atoms with Crippen molar-refractivity contribution in [2.45, 2.75) is 13.0 Å². The van der Waals surface area contributed by atoms with Crippen LogP contribution in [0.4, 0.5) is 11.5 Å². The predicted molar refractivity (Wildman–Crippen MR) is 124 cm³/mol. The third kappa shape index (κ3) is 4.40. The molecule has 1 aliphatic rings. The van der Waals surface area contributed by atoms with E-state index in [-0.39, 0.29) is 18.0 Å². The minimum atomic E-state index is -0.449. The van der Waals surface area contributed by atoms with Crippen LogP contribution in [0.1, 0.15) is 11.1 Å². The van der Waals surface area contributed by atoms with E-state index in [1.54, 1.807) is 16.8 Å². The molecule has 0 unspecified atom stereocenters. The minimum Gasteiger partial charge on any atom is -0.351 e. The Morgan fingerprint density at radius 3 is 2.38 bits per heavy atom. The highest BCUT2D eigenvalue weighted by atomic mass is 16.6. The molecule has 0 radical (unpaired) electrons. The first kappa shape index (κ1) is 21.4. The highest BCUT2D eigenvalue weighted by Crippen LogP contribution is 2.22. The lowest BCUT2D eigenvalue weighted by molar-refractivity contribution is -0.384. The maximum atomic E-state index is 12.7. The van der Waals surface area contributed by atoms with Gasteiger partial charge in [-0.2, -0.15) is 0 Å². The van der Waals surface area contributed by atoms with Crippen molar-refractivity contribution in [3.05, 3.63) is 82.2 Å². The summed E-state index contributed by atoms with van der Waals surface area (Å²) in [5, 5.41) is 19.4. The van der Waals surface area contributed by atoms with E-state index in [9.17, 15) is 14.9 Å². The molecule has 2 aromatic heterocycles. The molecule has 5 rings (SSSR count). The van der Waals surface area contributed by atoms with Gasteiger partial charge >= 0.3 is 0 Å². The van der Waals surface area contributed by atoms with Gasteiger partial charge in [0.15, 0.2) is 17.0 Å². The van der Waals surface area contributed by atoms with Crippen LogP contribution in [-0.4, -0.2) is 66.9 Å². The molecule has 172 valence electrons. The van der Waals surface area contributed by atoms with Crippen molar-refractivity contribution in [1.29, 1.82) is 0 Å². The summed E-state index contributed by atoms with van der Waals surface area (Å²) in [6.07, 6.45) is 1.73. The van der Waals surface area contributed by atoms with Gasteiger partial charge in [-0.1, -0.05) is 47.7 Å². The molecule has 0 aliphatic carbocycles. The molecule has 0 bridgehead atoms. The molecule has 0 spiro atoms. The summed E-state index contributed by atoms with van der Waals surface area (Å²) in [4.78, 5) is 35.8. The molecular formula is C23H22N8O3. The molecule has 0 saturated carbocycles. The molecule has 3 heterocycles. The Balaban J connectivity index is 1.24. The molecule has 2 aromatic carbocycles. The summed E-state index contributed by atoms with van der Waals surface area (Å²) in [5.41, 5.74) is 3.19. The van der Waals surface area contributed by atoms with Gasteiger partial charge in [-0.25, -0.2) is 14.6 Å². The highest BCUT2D eigenvalue weighted by Gasteiger charge is 2.25. The molecule has 1 aliphatic heterocycles. The second-order valence-electron chi connectivity index (χ2n) is 8.07. The zero-order valence-electron chi connectivity index (χ0n) is 18.3. The number of amides is 1. The van der Waals surface area contributed by atoms with Crippen molar-refractivity contribution in [3.8, 4) is 0 Å². The van der Waals surface area contributed by atoms with Gasteiger partial charge in [-0.3, -0.25) is 14.9 Å². The summed E-state index contributed by atoms with van der Waals surface area (Å²) >= 11 is 0. The molecule has 0 atom stereocenters. The average molecular weight is 458 g/mol. The van der Waals surface area contributed by atoms with Crippen molar-refractivity contribution in [1.82, 2.24) is 29.9 Å². The summed E-state index contributed by atoms with van der Waals surface area (Å²) in [7, 11) is 0. The second kappa shape index (κ2) is 9.22. The van der Waals surface area contributed by atoms with Crippen molar-refractivity contribution >= 4 is 28.6 Å². The Morgan fingerprint density at radius 1 is 0.941 bits per heavy atom. The number of fused-ring (bicyclic) bond motifs is 1. The standard InChI is InChI=1S/C23H22N8O3/c32-20(14-17-6-8-19(9-7-17)31(33)34)28-10-12-29(13-11-28)22-21-23(25-16-24-22)30(27-26-21)15-18-4-2-1-3-5-18/h1-9,16H,10-15H2. The van der Waals surface area contributed by atoms with Crippen LogP contribution in [0.3, 0.4) is 0 Å². The Morgan fingerprint density at radius 2 is 1.68 bits per heavy atom. The molecule has 4 aromatic rings. The number of benzene rings is 2. The number of rotatable bonds is 6. The van der Waals surface area contributed by atoms with Crippen molar-refractivity contribution in [3.63, 3.8) is 0 Å². The number of nitrogens with zero attached hydrogens (tertiary/aromatic N) is 8. The van der Waals surface area contributed by atoms with E-state index in [2.05, 4.69) is 25.2 Å². The number of aromatic nitrogens is 5. The molecule has 11 nitrogen and oxygen atoms in total. The first-order chi connectivity index (χ1) is 16.6. The van der Waals surface area contributed by atoms with E-state index in [1.807, 2.05) is 35.2 Å². The lowest BCUT2D eigenvalue weighted by Crippen LogP contribution is -2.49. The average Bonchev–Trinajstić information content (AvgIpc) is 3.28. The van der Waals surface area contributed by atoms with Crippen LogP contribution >= 0.6 is 0 Å². The van der Waals surface area contributed by atoms with Gasteiger partial charge in [0.2, 0.25) is 5.91 Å². The Hall–Kier alpha value is -4.41. The smallest absolute Gasteiger partial charge is 0.269 e. The van der Waals surface area contributed by atoms with E-state index < -0.39 is 4.92 Å². The van der Waals surface area contributed by atoms with Gasteiger partial charge in [-0.05, 0) is 11.1 Å². The number of carbonyl (C=O) groups excluding carboxylic acids is 1. The molecule has 0 N–H and O–H groups in total. The van der Waals surface area contributed by atoms with E-state index in [1.165, 1.54) is 18.5 Å². The summed E-state index contributed by atoms with van der Waals surface area (Å²) in [6, 6.07) is 16.1. The van der Waals surface area contributed by atoms with Crippen LogP contribution in [0.15, 0.2) is 60.9 Å². The summed E-state index contributed by atoms with van der Waals surface area (Å²) in [6.45, 7) is 2.90. The number of hydrogen-bond acceptors (Lipinski definition) is 8. The van der Waals surface area contributed by atoms with Gasteiger partial charge < -0.3 is 9.80 Å². The molecule has 1 saturated heterocycles. The normalized spacial score (nSPS) is 13.9. The van der Waals surface area contributed by atoms with Crippen LogP contribution in [-0.2, 0) is 17.8 Å². The van der Waals surface area contributed by atoms with Gasteiger partial charge in [0, 0.05) is 38.3 Å². The van der Waals surface area contributed by atoms with Crippen molar-refractivity contribution < 1.29 is 9.72 Å². The van der Waals surface area contributed by atoms with Crippen LogP contribution in [0.2, 0.25) is 0 Å². The first-order valence-electron chi connectivity index (χ1n) is 10.9. The van der Waals surface area contributed by atoms with Crippen LogP contribution in [0.25, 0.3) is 11.2 Å². The maximum absolute atomic E-state index is 12.7. The van der Waals surface area contributed by atoms with Crippen LogP contribution < -0.4 is 4.90 Å². The summed E-state index contributed by atoms with van der Waals surface area (Å²) < 4.78 is 1.76. The number of hydrogen-bond donors (Lipinski definition) is 0. The Labute approximate surface area is 194 Å². The number of non-ortho nitro benzene ring substituents is 1. The molecule has 1 amide bonds. The molecule has 34 heavy (non-hydrogen) atoms. The molecule has 11 heteroatoms. The molecule has 1 fully saturated rings. The fraction of sp³-hybridized carbons (Fsp3) is 0.261. The largest absolute Gasteiger partial charge is 0.351 e. The fourth-order valence-corrected chi connectivity index (χ4v) is 4.06. The molecular weight excluding hydrogens is 436 g/mol. The van der Waals surface area contributed by atoms with Crippen molar-refractivity contribution in [2.75, 3.05) is 31.1 Å². The zero-order chi connectivity index (χ0) is 23.5. The number of nitro groups is 1. The van der Waals surface area contributed by atoms with Crippen LogP contribution in [0, 0.1) is 10.1 Å². The van der Waals surface area contributed by atoms with E-state index in [0.717, 1.165) is 11.1 Å². The number of carbonyl (C=O) groups is 1. The fourth-order valence-electron chi connectivity index (χ4n) is 4.06. The van der Waals surface area contributed by atoms with Gasteiger partial charge in [0.1, 0.15) is 6.33 Å². The lowest BCUT2D eigenvalue weighted by atomic mass is 10.1. The van der Waals surface area contributed by atoms with Gasteiger partial charge in [0.05, 0.1) is 17.9 Å². The maximum Gasteiger partial charge on any atom is 0.269 e. The Bertz CT molecular complexity index is 1320. The quantitative estimate of drug-likeness (QED) is 0.318. The number of nitro benzene ring substituents is 1. The predicted octanol–water partition coefficient (Wildman–Crippen LogP) is 2.07. The highest BCUT2D eigenvalue weighted by molar-refractivity contribution is 5.83. The third-order valence-electron chi connectivity index (χ3n) is 5.89. The van der Waals surface area contributed by atoms with Gasteiger partial charge in [-0.15, -0.1) is 5.10 Å². The van der Waals surface area contributed by atoms with E-state index >= 15 is 0 Å². The number of piperazine rings is 1. The third-order valence-corrected chi connectivity index (χ3v) is 5.89.